The van der Waals surface area contributed by atoms with Crippen molar-refractivity contribution >= 4 is 5.69 Å². The van der Waals surface area contributed by atoms with E-state index >= 15 is 0 Å². The second kappa shape index (κ2) is 3.61. The van der Waals surface area contributed by atoms with Gasteiger partial charge in [-0.05, 0) is 41.8 Å². The fourth-order valence-electron chi connectivity index (χ4n) is 1.59. The van der Waals surface area contributed by atoms with Gasteiger partial charge in [-0.2, -0.15) is 0 Å². The Morgan fingerprint density at radius 2 is 2.00 bits per heavy atom. The average molecular weight is 200 g/mol. The number of aromatic nitrogens is 1. The molecule has 0 aliphatic rings. The molecule has 2 rings (SSSR count). The maximum absolute atomic E-state index is 10.9. The van der Waals surface area contributed by atoms with Gasteiger partial charge in [0.2, 0.25) is 5.56 Å². The van der Waals surface area contributed by atoms with Gasteiger partial charge >= 0.3 is 0 Å². The summed E-state index contributed by atoms with van der Waals surface area (Å²) in [6.07, 6.45) is 1.71. The van der Waals surface area contributed by atoms with Crippen LogP contribution in [0.4, 0.5) is 5.69 Å². The van der Waals surface area contributed by atoms with Crippen LogP contribution in [0.2, 0.25) is 0 Å². The lowest BCUT2D eigenvalue weighted by Crippen LogP contribution is -2.01. The van der Waals surface area contributed by atoms with Crippen molar-refractivity contribution < 1.29 is 0 Å². The highest BCUT2D eigenvalue weighted by Crippen LogP contribution is 2.23. The summed E-state index contributed by atoms with van der Waals surface area (Å²) >= 11 is 0. The number of nitrogen functional groups attached to an aromatic ring is 1. The molecule has 0 unspecified atom stereocenters. The molecule has 0 fully saturated rings. The van der Waals surface area contributed by atoms with Gasteiger partial charge in [0, 0.05) is 18.0 Å². The zero-order valence-corrected chi connectivity index (χ0v) is 8.45. The van der Waals surface area contributed by atoms with Crippen LogP contribution in [-0.4, -0.2) is 4.98 Å². The summed E-state index contributed by atoms with van der Waals surface area (Å²) in [5.41, 5.74) is 9.51. The Balaban J connectivity index is 2.54. The average Bonchev–Trinajstić information content (AvgIpc) is 2.20. The number of pyridine rings is 1. The standard InChI is InChI=1S/C12H12N2O/c1-8-6-10(13)3-4-11(8)9-2-5-12(15)14-7-9/h2-7H,13H2,1H3,(H,14,15). The lowest BCUT2D eigenvalue weighted by molar-refractivity contribution is 1.24. The number of nitrogens with two attached hydrogens (primary N) is 1. The third-order valence-electron chi connectivity index (χ3n) is 2.35. The molecule has 0 aliphatic heterocycles. The van der Waals surface area contributed by atoms with Crippen molar-refractivity contribution in [3.63, 3.8) is 0 Å². The van der Waals surface area contributed by atoms with Crippen LogP contribution < -0.4 is 11.3 Å². The minimum absolute atomic E-state index is 0.0909. The number of anilines is 1. The first-order valence-electron chi connectivity index (χ1n) is 4.72. The first kappa shape index (κ1) is 9.52. The second-order valence-electron chi connectivity index (χ2n) is 3.52. The summed E-state index contributed by atoms with van der Waals surface area (Å²) in [6.45, 7) is 2.00. The summed E-state index contributed by atoms with van der Waals surface area (Å²) < 4.78 is 0. The van der Waals surface area contributed by atoms with Crippen molar-refractivity contribution in [1.29, 1.82) is 0 Å². The van der Waals surface area contributed by atoms with E-state index in [9.17, 15) is 4.79 Å². The number of hydrogen-bond donors (Lipinski definition) is 2. The monoisotopic (exact) mass is 200 g/mol. The summed E-state index contributed by atoms with van der Waals surface area (Å²) in [5, 5.41) is 0. The fourth-order valence-corrected chi connectivity index (χ4v) is 1.59. The Labute approximate surface area is 87.6 Å². The van der Waals surface area contributed by atoms with E-state index in [0.29, 0.717) is 0 Å². The normalized spacial score (nSPS) is 10.2. The summed E-state index contributed by atoms with van der Waals surface area (Å²) in [5.74, 6) is 0. The topological polar surface area (TPSA) is 58.9 Å². The predicted octanol–water partition coefficient (Wildman–Crippen LogP) is 1.93. The molecule has 0 atom stereocenters. The van der Waals surface area contributed by atoms with Gasteiger partial charge in [-0.1, -0.05) is 6.07 Å². The van der Waals surface area contributed by atoms with Crippen LogP contribution in [0.1, 0.15) is 5.56 Å². The number of H-pyrrole nitrogens is 1. The van der Waals surface area contributed by atoms with Crippen LogP contribution in [0.25, 0.3) is 11.1 Å². The molecule has 76 valence electrons. The summed E-state index contributed by atoms with van der Waals surface area (Å²) in [4.78, 5) is 13.6. The van der Waals surface area contributed by atoms with Crippen molar-refractivity contribution in [1.82, 2.24) is 4.98 Å². The molecule has 0 saturated carbocycles. The van der Waals surface area contributed by atoms with Crippen molar-refractivity contribution in [3.8, 4) is 11.1 Å². The smallest absolute Gasteiger partial charge is 0.247 e. The minimum atomic E-state index is -0.0909. The van der Waals surface area contributed by atoms with Gasteiger partial charge in [0.05, 0.1) is 0 Å². The van der Waals surface area contributed by atoms with E-state index < -0.39 is 0 Å². The number of benzene rings is 1. The number of aryl methyl sites for hydroxylation is 1. The van der Waals surface area contributed by atoms with E-state index in [1.54, 1.807) is 12.3 Å². The van der Waals surface area contributed by atoms with E-state index in [0.717, 1.165) is 22.4 Å². The van der Waals surface area contributed by atoms with Gasteiger partial charge in [-0.25, -0.2) is 0 Å². The molecule has 0 aliphatic carbocycles. The van der Waals surface area contributed by atoms with Crippen LogP contribution in [0.5, 0.6) is 0 Å². The van der Waals surface area contributed by atoms with Crippen molar-refractivity contribution in [2.75, 3.05) is 5.73 Å². The van der Waals surface area contributed by atoms with Crippen LogP contribution >= 0.6 is 0 Å². The van der Waals surface area contributed by atoms with Crippen LogP contribution in [0.15, 0.2) is 41.3 Å². The molecule has 2 aromatic rings. The van der Waals surface area contributed by atoms with E-state index in [1.807, 2.05) is 25.1 Å². The van der Waals surface area contributed by atoms with E-state index in [2.05, 4.69) is 4.98 Å². The lowest BCUT2D eigenvalue weighted by Gasteiger charge is -2.06. The molecule has 3 heteroatoms. The Morgan fingerprint density at radius 1 is 1.20 bits per heavy atom. The number of rotatable bonds is 1. The number of aromatic amines is 1. The molecule has 0 bridgehead atoms. The lowest BCUT2D eigenvalue weighted by atomic mass is 10.0. The molecule has 3 N–H and O–H groups in total. The van der Waals surface area contributed by atoms with Crippen molar-refractivity contribution in [2.45, 2.75) is 6.92 Å². The highest BCUT2D eigenvalue weighted by molar-refractivity contribution is 5.68. The summed E-state index contributed by atoms with van der Waals surface area (Å²) in [7, 11) is 0. The van der Waals surface area contributed by atoms with E-state index in [1.165, 1.54) is 6.07 Å². The van der Waals surface area contributed by atoms with Crippen LogP contribution in [0.3, 0.4) is 0 Å². The zero-order valence-electron chi connectivity index (χ0n) is 8.45. The van der Waals surface area contributed by atoms with Crippen molar-refractivity contribution in [2.24, 2.45) is 0 Å². The van der Waals surface area contributed by atoms with Gasteiger partial charge < -0.3 is 10.7 Å². The maximum atomic E-state index is 10.9. The van der Waals surface area contributed by atoms with Crippen molar-refractivity contribution in [3.05, 3.63) is 52.4 Å². The highest BCUT2D eigenvalue weighted by atomic mass is 16.1. The number of nitrogens with one attached hydrogen (secondary N) is 1. The molecule has 1 heterocycles. The van der Waals surface area contributed by atoms with E-state index in [-0.39, 0.29) is 5.56 Å². The van der Waals surface area contributed by atoms with E-state index in [4.69, 9.17) is 5.73 Å². The molecule has 0 amide bonds. The molecule has 1 aromatic heterocycles. The van der Waals surface area contributed by atoms with Crippen LogP contribution in [-0.2, 0) is 0 Å². The Kier molecular flexibility index (Phi) is 2.29. The molecule has 0 spiro atoms. The van der Waals surface area contributed by atoms with Gasteiger partial charge in [-0.3, -0.25) is 4.79 Å². The number of hydrogen-bond acceptors (Lipinski definition) is 2. The van der Waals surface area contributed by atoms with Gasteiger partial charge in [-0.15, -0.1) is 0 Å². The molecular weight excluding hydrogens is 188 g/mol. The van der Waals surface area contributed by atoms with Crippen LogP contribution in [0, 0.1) is 6.92 Å². The Bertz CT molecular complexity index is 523. The van der Waals surface area contributed by atoms with Gasteiger partial charge in [0.1, 0.15) is 0 Å². The zero-order chi connectivity index (χ0) is 10.8. The minimum Gasteiger partial charge on any atom is -0.399 e. The third kappa shape index (κ3) is 1.91. The first-order valence-corrected chi connectivity index (χ1v) is 4.72. The SMILES string of the molecule is Cc1cc(N)ccc1-c1ccc(=O)[nH]c1. The highest BCUT2D eigenvalue weighted by Gasteiger charge is 2.01. The molecule has 0 radical (unpaired) electrons. The van der Waals surface area contributed by atoms with Gasteiger partial charge in [0.15, 0.2) is 0 Å². The molecule has 3 nitrogen and oxygen atoms in total. The second-order valence-corrected chi connectivity index (χ2v) is 3.52. The molecule has 1 aromatic carbocycles. The molecule has 15 heavy (non-hydrogen) atoms. The quantitative estimate of drug-likeness (QED) is 0.691. The third-order valence-corrected chi connectivity index (χ3v) is 2.35. The molecule has 0 saturated heterocycles. The Hall–Kier alpha value is -2.03. The maximum Gasteiger partial charge on any atom is 0.247 e. The Morgan fingerprint density at radius 3 is 2.60 bits per heavy atom. The van der Waals surface area contributed by atoms with Gasteiger partial charge in [0.25, 0.3) is 0 Å². The molecular formula is C12H12N2O. The fraction of sp³-hybridized carbons (Fsp3) is 0.0833. The summed E-state index contributed by atoms with van der Waals surface area (Å²) in [6, 6.07) is 9.05. The first-order chi connectivity index (χ1) is 7.16. The largest absolute Gasteiger partial charge is 0.399 e. The predicted molar refractivity (Wildman–Crippen MR) is 61.6 cm³/mol.